The number of halogens is 1. The molecule has 0 aliphatic carbocycles. The number of piperazine rings is 1. The van der Waals surface area contributed by atoms with Gasteiger partial charge in [0.25, 0.3) is 0 Å². The van der Waals surface area contributed by atoms with Crippen molar-refractivity contribution in [1.29, 1.82) is 0 Å². The largest absolute Gasteiger partial charge is 0.298 e. The molecule has 1 aromatic rings. The predicted octanol–water partition coefficient (Wildman–Crippen LogP) is 2.16. The second kappa shape index (κ2) is 5.54. The molecule has 2 aliphatic heterocycles. The minimum absolute atomic E-state index is 0.788. The first kappa shape index (κ1) is 13.6. The standard InChI is InChI=1S/C14H23BrN4/c1-11-14(15)13(17(2)16-11)10-18-7-8-19-6-4-3-5-12(19)9-18/h12H,3-10H2,1-2H3. The Labute approximate surface area is 123 Å². The molecule has 2 fully saturated rings. The molecule has 3 heterocycles. The van der Waals surface area contributed by atoms with Crippen LogP contribution < -0.4 is 0 Å². The summed E-state index contributed by atoms with van der Waals surface area (Å²) in [5, 5.41) is 4.49. The number of piperidine rings is 1. The summed E-state index contributed by atoms with van der Waals surface area (Å²) in [6.07, 6.45) is 4.18. The summed E-state index contributed by atoms with van der Waals surface area (Å²) in [6.45, 7) is 8.03. The number of aryl methyl sites for hydroxylation is 2. The maximum atomic E-state index is 4.49. The first-order valence-corrected chi connectivity index (χ1v) is 8.09. The van der Waals surface area contributed by atoms with Crippen molar-refractivity contribution < 1.29 is 0 Å². The molecule has 3 rings (SSSR count). The smallest absolute Gasteiger partial charge is 0.0739 e. The molecule has 1 aromatic heterocycles. The summed E-state index contributed by atoms with van der Waals surface area (Å²) in [4.78, 5) is 5.28. The van der Waals surface area contributed by atoms with E-state index >= 15 is 0 Å². The zero-order chi connectivity index (χ0) is 13.4. The molecule has 0 aromatic carbocycles. The van der Waals surface area contributed by atoms with Crippen LogP contribution in [0.2, 0.25) is 0 Å². The quantitative estimate of drug-likeness (QED) is 0.832. The molecule has 4 nitrogen and oxygen atoms in total. The van der Waals surface area contributed by atoms with Gasteiger partial charge in [-0.1, -0.05) is 6.42 Å². The molecule has 0 spiro atoms. The van der Waals surface area contributed by atoms with Crippen molar-refractivity contribution in [2.75, 3.05) is 26.2 Å². The molecule has 2 saturated heterocycles. The third-order valence-electron chi connectivity index (χ3n) is 4.56. The van der Waals surface area contributed by atoms with Gasteiger partial charge in [0.1, 0.15) is 0 Å². The highest BCUT2D eigenvalue weighted by molar-refractivity contribution is 9.10. The summed E-state index contributed by atoms with van der Waals surface area (Å²) in [5.41, 5.74) is 2.40. The first-order valence-electron chi connectivity index (χ1n) is 7.29. The van der Waals surface area contributed by atoms with E-state index in [0.29, 0.717) is 0 Å². The fraction of sp³-hybridized carbons (Fsp3) is 0.786. The molecule has 0 amide bonds. The maximum absolute atomic E-state index is 4.49. The van der Waals surface area contributed by atoms with Gasteiger partial charge in [0.2, 0.25) is 0 Å². The fourth-order valence-corrected chi connectivity index (χ4v) is 3.89. The Morgan fingerprint density at radius 3 is 2.84 bits per heavy atom. The molecule has 0 saturated carbocycles. The van der Waals surface area contributed by atoms with Crippen LogP contribution >= 0.6 is 15.9 Å². The van der Waals surface area contributed by atoms with Crippen LogP contribution in [0.5, 0.6) is 0 Å². The van der Waals surface area contributed by atoms with Crippen LogP contribution in [0, 0.1) is 6.92 Å². The Bertz CT molecular complexity index is 457. The Morgan fingerprint density at radius 1 is 1.26 bits per heavy atom. The third-order valence-corrected chi connectivity index (χ3v) is 5.59. The normalized spacial score (nSPS) is 25.5. The van der Waals surface area contributed by atoms with E-state index in [-0.39, 0.29) is 0 Å². The van der Waals surface area contributed by atoms with E-state index in [1.54, 1.807) is 0 Å². The van der Waals surface area contributed by atoms with Crippen LogP contribution in [0.15, 0.2) is 4.47 Å². The fourth-order valence-electron chi connectivity index (χ4n) is 3.43. The van der Waals surface area contributed by atoms with Gasteiger partial charge in [-0.25, -0.2) is 0 Å². The topological polar surface area (TPSA) is 24.3 Å². The minimum atomic E-state index is 0.788. The van der Waals surface area contributed by atoms with Crippen LogP contribution in [0.1, 0.15) is 30.7 Å². The van der Waals surface area contributed by atoms with Crippen molar-refractivity contribution in [3.05, 3.63) is 15.9 Å². The van der Waals surface area contributed by atoms with E-state index in [1.165, 1.54) is 55.6 Å². The summed E-state index contributed by atoms with van der Waals surface area (Å²) in [5.74, 6) is 0. The van der Waals surface area contributed by atoms with Crippen LogP contribution in [-0.4, -0.2) is 51.8 Å². The highest BCUT2D eigenvalue weighted by atomic mass is 79.9. The van der Waals surface area contributed by atoms with E-state index in [9.17, 15) is 0 Å². The van der Waals surface area contributed by atoms with Crippen LogP contribution in [0.25, 0.3) is 0 Å². The second-order valence-corrected chi connectivity index (χ2v) is 6.68. The Kier molecular flexibility index (Phi) is 3.96. The molecule has 0 N–H and O–H groups in total. The lowest BCUT2D eigenvalue weighted by atomic mass is 9.99. The number of fused-ring (bicyclic) bond motifs is 1. The molecule has 19 heavy (non-hydrogen) atoms. The maximum Gasteiger partial charge on any atom is 0.0739 e. The molecule has 1 unspecified atom stereocenters. The molecular weight excluding hydrogens is 304 g/mol. The van der Waals surface area contributed by atoms with Gasteiger partial charge in [0, 0.05) is 39.3 Å². The molecule has 0 bridgehead atoms. The second-order valence-electron chi connectivity index (χ2n) is 5.89. The van der Waals surface area contributed by atoms with Crippen molar-refractivity contribution in [2.24, 2.45) is 7.05 Å². The monoisotopic (exact) mass is 326 g/mol. The zero-order valence-corrected chi connectivity index (χ0v) is 13.5. The van der Waals surface area contributed by atoms with E-state index in [1.807, 2.05) is 11.7 Å². The van der Waals surface area contributed by atoms with Gasteiger partial charge in [-0.3, -0.25) is 14.5 Å². The van der Waals surface area contributed by atoms with Gasteiger partial charge < -0.3 is 0 Å². The van der Waals surface area contributed by atoms with Crippen molar-refractivity contribution in [1.82, 2.24) is 19.6 Å². The molecule has 0 radical (unpaired) electrons. The van der Waals surface area contributed by atoms with Crippen LogP contribution in [0.3, 0.4) is 0 Å². The summed E-state index contributed by atoms with van der Waals surface area (Å²) in [6, 6.07) is 0.788. The molecule has 106 valence electrons. The van der Waals surface area contributed by atoms with Crippen molar-refractivity contribution in [3.8, 4) is 0 Å². The molecule has 2 aliphatic rings. The highest BCUT2D eigenvalue weighted by Crippen LogP contribution is 2.25. The molecule has 5 heteroatoms. The van der Waals surface area contributed by atoms with Gasteiger partial charge in [-0.05, 0) is 42.2 Å². The van der Waals surface area contributed by atoms with Crippen molar-refractivity contribution in [2.45, 2.75) is 38.8 Å². The lowest BCUT2D eigenvalue weighted by molar-refractivity contribution is 0.0445. The van der Waals surface area contributed by atoms with Crippen molar-refractivity contribution >= 4 is 15.9 Å². The Morgan fingerprint density at radius 2 is 2.11 bits per heavy atom. The van der Waals surface area contributed by atoms with E-state index < -0.39 is 0 Å². The number of nitrogens with zero attached hydrogens (tertiary/aromatic N) is 4. The summed E-state index contributed by atoms with van der Waals surface area (Å²) >= 11 is 3.68. The summed E-state index contributed by atoms with van der Waals surface area (Å²) < 4.78 is 3.20. The Hall–Kier alpha value is -0.390. The van der Waals surface area contributed by atoms with E-state index in [2.05, 4.69) is 37.8 Å². The minimum Gasteiger partial charge on any atom is -0.298 e. The van der Waals surface area contributed by atoms with Gasteiger partial charge in [0.15, 0.2) is 0 Å². The molecule has 1 atom stereocenters. The van der Waals surface area contributed by atoms with Gasteiger partial charge >= 0.3 is 0 Å². The lowest BCUT2D eigenvalue weighted by Crippen LogP contribution is -2.54. The highest BCUT2D eigenvalue weighted by Gasteiger charge is 2.29. The lowest BCUT2D eigenvalue weighted by Gasteiger charge is -2.44. The number of hydrogen-bond donors (Lipinski definition) is 0. The van der Waals surface area contributed by atoms with Gasteiger partial charge in [-0.15, -0.1) is 0 Å². The van der Waals surface area contributed by atoms with Gasteiger partial charge in [0.05, 0.1) is 15.9 Å². The average molecular weight is 327 g/mol. The number of hydrogen-bond acceptors (Lipinski definition) is 3. The predicted molar refractivity (Wildman–Crippen MR) is 80.1 cm³/mol. The first-order chi connectivity index (χ1) is 9.15. The molecular formula is C14H23BrN4. The van der Waals surface area contributed by atoms with E-state index in [0.717, 1.165) is 18.3 Å². The average Bonchev–Trinajstić information content (AvgIpc) is 2.65. The van der Waals surface area contributed by atoms with E-state index in [4.69, 9.17) is 0 Å². The van der Waals surface area contributed by atoms with Gasteiger partial charge in [-0.2, -0.15) is 5.10 Å². The van der Waals surface area contributed by atoms with Crippen LogP contribution in [-0.2, 0) is 13.6 Å². The SMILES string of the molecule is Cc1nn(C)c(CN2CCN3CCCCC3C2)c1Br. The zero-order valence-electron chi connectivity index (χ0n) is 11.9. The number of rotatable bonds is 2. The van der Waals surface area contributed by atoms with Crippen molar-refractivity contribution in [3.63, 3.8) is 0 Å². The summed E-state index contributed by atoms with van der Waals surface area (Å²) in [7, 11) is 2.05. The Balaban J connectivity index is 1.67. The van der Waals surface area contributed by atoms with Crippen LogP contribution in [0.4, 0.5) is 0 Å². The third kappa shape index (κ3) is 2.73. The number of aromatic nitrogens is 2.